The fourth-order valence-electron chi connectivity index (χ4n) is 2.89. The molecule has 0 heterocycles. The lowest BCUT2D eigenvalue weighted by molar-refractivity contribution is 0.0807. The maximum atomic E-state index is 10.2. The van der Waals surface area contributed by atoms with Gasteiger partial charge in [-0.1, -0.05) is 49.6 Å². The molecular weight excluding hydrogens is 238 g/mol. The van der Waals surface area contributed by atoms with Gasteiger partial charge in [0, 0.05) is 6.04 Å². The Kier molecular flexibility index (Phi) is 4.97. The lowest BCUT2D eigenvalue weighted by atomic mass is 9.90. The Hall–Kier alpha value is -0.900. The molecule has 2 rings (SSSR count). The summed E-state index contributed by atoms with van der Waals surface area (Å²) in [5.74, 6) is 0. The molecule has 106 valence electrons. The Morgan fingerprint density at radius 1 is 1.16 bits per heavy atom. The van der Waals surface area contributed by atoms with E-state index in [9.17, 15) is 10.2 Å². The van der Waals surface area contributed by atoms with Gasteiger partial charge in [0.05, 0.1) is 18.2 Å². The molecule has 1 aliphatic rings. The van der Waals surface area contributed by atoms with E-state index >= 15 is 0 Å². The first-order valence-corrected chi connectivity index (χ1v) is 7.28. The third-order valence-electron chi connectivity index (χ3n) is 4.21. The van der Waals surface area contributed by atoms with Crippen molar-refractivity contribution in [2.45, 2.75) is 56.7 Å². The number of hydrogen-bond donors (Lipinski definition) is 3. The molecule has 0 radical (unpaired) electrons. The Morgan fingerprint density at radius 2 is 1.84 bits per heavy atom. The lowest BCUT2D eigenvalue weighted by Gasteiger charge is -2.35. The molecule has 0 spiro atoms. The van der Waals surface area contributed by atoms with Crippen LogP contribution in [0.1, 0.15) is 44.6 Å². The SMILES string of the molecule is CC(CO)(NC1CCCCCC1O)c1ccccc1. The molecule has 1 aliphatic carbocycles. The summed E-state index contributed by atoms with van der Waals surface area (Å²) < 4.78 is 0. The van der Waals surface area contributed by atoms with Crippen molar-refractivity contribution in [1.82, 2.24) is 5.32 Å². The first-order valence-electron chi connectivity index (χ1n) is 7.28. The van der Waals surface area contributed by atoms with Gasteiger partial charge in [-0.3, -0.25) is 0 Å². The van der Waals surface area contributed by atoms with Gasteiger partial charge in [-0.2, -0.15) is 0 Å². The summed E-state index contributed by atoms with van der Waals surface area (Å²) >= 11 is 0. The van der Waals surface area contributed by atoms with Crippen LogP contribution in [0.15, 0.2) is 30.3 Å². The highest BCUT2D eigenvalue weighted by Gasteiger charge is 2.32. The predicted molar refractivity (Wildman–Crippen MR) is 76.9 cm³/mol. The van der Waals surface area contributed by atoms with Gasteiger partial charge in [-0.15, -0.1) is 0 Å². The monoisotopic (exact) mass is 263 g/mol. The van der Waals surface area contributed by atoms with E-state index in [1.165, 1.54) is 6.42 Å². The fourth-order valence-corrected chi connectivity index (χ4v) is 2.89. The number of benzene rings is 1. The fraction of sp³-hybridized carbons (Fsp3) is 0.625. The lowest BCUT2D eigenvalue weighted by Crippen LogP contribution is -2.52. The van der Waals surface area contributed by atoms with Crippen LogP contribution in [-0.2, 0) is 5.54 Å². The van der Waals surface area contributed by atoms with Gasteiger partial charge in [0.1, 0.15) is 0 Å². The van der Waals surface area contributed by atoms with Crippen LogP contribution in [0, 0.1) is 0 Å². The van der Waals surface area contributed by atoms with E-state index in [1.807, 2.05) is 37.3 Å². The highest BCUT2D eigenvalue weighted by atomic mass is 16.3. The molecule has 1 saturated carbocycles. The quantitative estimate of drug-likeness (QED) is 0.730. The van der Waals surface area contributed by atoms with E-state index in [2.05, 4.69) is 5.32 Å². The van der Waals surface area contributed by atoms with Crippen LogP contribution in [0.3, 0.4) is 0 Å². The minimum atomic E-state index is -0.489. The second-order valence-electron chi connectivity index (χ2n) is 5.81. The van der Waals surface area contributed by atoms with E-state index in [0.717, 1.165) is 31.2 Å². The van der Waals surface area contributed by atoms with Gasteiger partial charge in [-0.05, 0) is 25.3 Å². The molecule has 3 N–H and O–H groups in total. The van der Waals surface area contributed by atoms with Crippen molar-refractivity contribution >= 4 is 0 Å². The first kappa shape index (κ1) is 14.5. The van der Waals surface area contributed by atoms with Crippen molar-refractivity contribution in [1.29, 1.82) is 0 Å². The molecule has 0 bridgehead atoms. The highest BCUT2D eigenvalue weighted by Crippen LogP contribution is 2.25. The zero-order valence-electron chi connectivity index (χ0n) is 11.7. The Balaban J connectivity index is 2.13. The van der Waals surface area contributed by atoms with Crippen molar-refractivity contribution in [3.8, 4) is 0 Å². The standard InChI is InChI=1S/C16H25NO2/c1-16(12-18,13-8-4-2-5-9-13)17-14-10-6-3-7-11-15(14)19/h2,4-5,8-9,14-15,17-19H,3,6-7,10-12H2,1H3. The van der Waals surface area contributed by atoms with Crippen LogP contribution >= 0.6 is 0 Å². The van der Waals surface area contributed by atoms with Gasteiger partial charge in [0.15, 0.2) is 0 Å². The molecule has 0 aromatic heterocycles. The molecular formula is C16H25NO2. The average molecular weight is 263 g/mol. The summed E-state index contributed by atoms with van der Waals surface area (Å²) in [6.07, 6.45) is 4.96. The van der Waals surface area contributed by atoms with Crippen molar-refractivity contribution < 1.29 is 10.2 Å². The molecule has 0 saturated heterocycles. The summed E-state index contributed by atoms with van der Waals surface area (Å²) in [7, 11) is 0. The van der Waals surface area contributed by atoms with Gasteiger partial charge in [0.25, 0.3) is 0 Å². The maximum absolute atomic E-state index is 10.2. The normalized spacial score (nSPS) is 27.5. The third kappa shape index (κ3) is 3.56. The van der Waals surface area contributed by atoms with Crippen LogP contribution in [0.5, 0.6) is 0 Å². The molecule has 1 fully saturated rings. The summed E-state index contributed by atoms with van der Waals surface area (Å²) in [6.45, 7) is 2.03. The van der Waals surface area contributed by atoms with Crippen LogP contribution < -0.4 is 5.32 Å². The zero-order valence-corrected chi connectivity index (χ0v) is 11.7. The second-order valence-corrected chi connectivity index (χ2v) is 5.81. The Morgan fingerprint density at radius 3 is 2.53 bits per heavy atom. The largest absolute Gasteiger partial charge is 0.394 e. The Bertz CT molecular complexity index is 382. The molecule has 3 unspecified atom stereocenters. The molecule has 3 atom stereocenters. The van der Waals surface area contributed by atoms with E-state index < -0.39 is 5.54 Å². The zero-order chi connectivity index (χ0) is 13.7. The highest BCUT2D eigenvalue weighted by molar-refractivity contribution is 5.24. The molecule has 19 heavy (non-hydrogen) atoms. The predicted octanol–water partition coefficient (Wildman–Crippen LogP) is 2.18. The molecule has 1 aromatic rings. The van der Waals surface area contributed by atoms with Crippen LogP contribution in [0.4, 0.5) is 0 Å². The van der Waals surface area contributed by atoms with Crippen LogP contribution in [-0.4, -0.2) is 29.0 Å². The molecule has 3 nitrogen and oxygen atoms in total. The van der Waals surface area contributed by atoms with E-state index in [-0.39, 0.29) is 18.8 Å². The summed E-state index contributed by atoms with van der Waals surface area (Å²) in [5.41, 5.74) is 0.575. The topological polar surface area (TPSA) is 52.5 Å². The number of hydrogen-bond acceptors (Lipinski definition) is 3. The minimum Gasteiger partial charge on any atom is -0.394 e. The van der Waals surface area contributed by atoms with Gasteiger partial charge >= 0.3 is 0 Å². The smallest absolute Gasteiger partial charge is 0.0693 e. The number of aliphatic hydroxyl groups is 2. The van der Waals surface area contributed by atoms with Crippen LogP contribution in [0.2, 0.25) is 0 Å². The number of nitrogens with one attached hydrogen (secondary N) is 1. The molecule has 0 aliphatic heterocycles. The van der Waals surface area contributed by atoms with E-state index in [1.54, 1.807) is 0 Å². The van der Waals surface area contributed by atoms with Crippen molar-refractivity contribution in [2.24, 2.45) is 0 Å². The number of aliphatic hydroxyl groups excluding tert-OH is 2. The molecule has 1 aromatic carbocycles. The minimum absolute atomic E-state index is 0.0280. The van der Waals surface area contributed by atoms with Gasteiger partial charge in [-0.25, -0.2) is 0 Å². The van der Waals surface area contributed by atoms with Crippen LogP contribution in [0.25, 0.3) is 0 Å². The van der Waals surface area contributed by atoms with Crippen molar-refractivity contribution in [3.63, 3.8) is 0 Å². The molecule has 3 heteroatoms. The van der Waals surface area contributed by atoms with E-state index in [4.69, 9.17) is 0 Å². The first-order chi connectivity index (χ1) is 9.15. The summed E-state index contributed by atoms with van der Waals surface area (Å²) in [4.78, 5) is 0. The third-order valence-corrected chi connectivity index (χ3v) is 4.21. The van der Waals surface area contributed by atoms with Crippen molar-refractivity contribution in [3.05, 3.63) is 35.9 Å². The number of rotatable bonds is 4. The summed E-state index contributed by atoms with van der Waals surface area (Å²) in [6, 6.07) is 10.0. The second kappa shape index (κ2) is 6.51. The maximum Gasteiger partial charge on any atom is 0.0693 e. The Labute approximate surface area is 115 Å². The van der Waals surface area contributed by atoms with Gasteiger partial charge in [0.2, 0.25) is 0 Å². The van der Waals surface area contributed by atoms with E-state index in [0.29, 0.717) is 0 Å². The van der Waals surface area contributed by atoms with Gasteiger partial charge < -0.3 is 15.5 Å². The van der Waals surface area contributed by atoms with Crippen molar-refractivity contribution in [2.75, 3.05) is 6.61 Å². The summed E-state index contributed by atoms with van der Waals surface area (Å²) in [5, 5.41) is 23.5. The molecule has 0 amide bonds. The average Bonchev–Trinajstić information content (AvgIpc) is 2.65.